The molecule has 22 heavy (non-hydrogen) atoms. The Morgan fingerprint density at radius 2 is 2.18 bits per heavy atom. The van der Waals surface area contributed by atoms with Crippen molar-refractivity contribution in [1.29, 1.82) is 0 Å². The largest absolute Gasteiger partial charge is 0.504 e. The number of carbonyl (C=O) groups excluding carboxylic acids is 1. The molecule has 114 valence electrons. The van der Waals surface area contributed by atoms with Crippen LogP contribution in [0.3, 0.4) is 0 Å². The Morgan fingerprint density at radius 3 is 3.00 bits per heavy atom. The molecular weight excluding hydrogens is 282 g/mol. The van der Waals surface area contributed by atoms with E-state index in [1.165, 1.54) is 6.08 Å². The summed E-state index contributed by atoms with van der Waals surface area (Å²) in [4.78, 5) is 12.4. The topological polar surface area (TPSA) is 92.8 Å². The van der Waals surface area contributed by atoms with Gasteiger partial charge in [0.15, 0.2) is 23.4 Å². The van der Waals surface area contributed by atoms with E-state index in [0.29, 0.717) is 18.6 Å². The number of ketones is 1. The maximum atomic E-state index is 12.4. The quantitative estimate of drug-likeness (QED) is 0.651. The van der Waals surface area contributed by atoms with Gasteiger partial charge in [-0.15, -0.1) is 0 Å². The smallest absolute Gasteiger partial charge is 0.196 e. The molecule has 0 aromatic heterocycles. The maximum Gasteiger partial charge on any atom is 0.196 e. The minimum atomic E-state index is -1.19. The van der Waals surface area contributed by atoms with Crippen molar-refractivity contribution in [2.24, 2.45) is 11.7 Å². The van der Waals surface area contributed by atoms with Gasteiger partial charge in [-0.25, -0.2) is 0 Å². The van der Waals surface area contributed by atoms with E-state index in [1.807, 2.05) is 6.07 Å². The third-order valence-corrected chi connectivity index (χ3v) is 6.22. The van der Waals surface area contributed by atoms with Crippen LogP contribution in [-0.2, 0) is 16.6 Å². The second-order valence-corrected chi connectivity index (χ2v) is 6.99. The number of aliphatic hydroxyl groups is 1. The number of nitrogens with two attached hydrogens (primary N) is 1. The van der Waals surface area contributed by atoms with Gasteiger partial charge in [-0.3, -0.25) is 4.79 Å². The first-order chi connectivity index (χ1) is 10.5. The zero-order valence-corrected chi connectivity index (χ0v) is 12.0. The molecule has 1 aromatic rings. The van der Waals surface area contributed by atoms with Crippen LogP contribution in [0.5, 0.6) is 11.5 Å². The van der Waals surface area contributed by atoms with Crippen LogP contribution in [0.1, 0.15) is 24.0 Å². The number of rotatable bonds is 0. The summed E-state index contributed by atoms with van der Waals surface area (Å²) in [6.07, 6.45) is 4.24. The summed E-state index contributed by atoms with van der Waals surface area (Å²) in [7, 11) is 0. The minimum absolute atomic E-state index is 0.0333. The summed E-state index contributed by atoms with van der Waals surface area (Å²) in [6.45, 7) is 0. The van der Waals surface area contributed by atoms with Crippen molar-refractivity contribution in [1.82, 2.24) is 0 Å². The van der Waals surface area contributed by atoms with Gasteiger partial charge in [-0.2, -0.15) is 0 Å². The van der Waals surface area contributed by atoms with Gasteiger partial charge in [0.05, 0.1) is 5.41 Å². The average Bonchev–Trinajstić information content (AvgIpc) is 2.85. The van der Waals surface area contributed by atoms with Crippen molar-refractivity contribution < 1.29 is 19.7 Å². The molecule has 1 saturated carbocycles. The van der Waals surface area contributed by atoms with E-state index in [2.05, 4.69) is 0 Å². The Kier molecular flexibility index (Phi) is 2.04. The van der Waals surface area contributed by atoms with Gasteiger partial charge in [-0.1, -0.05) is 6.07 Å². The van der Waals surface area contributed by atoms with Crippen molar-refractivity contribution in [2.75, 3.05) is 0 Å². The van der Waals surface area contributed by atoms with Crippen LogP contribution in [0.25, 0.3) is 0 Å². The fourth-order valence-corrected chi connectivity index (χ4v) is 5.27. The molecule has 5 atom stereocenters. The Bertz CT molecular complexity index is 757. The molecule has 5 nitrogen and oxygen atoms in total. The molecule has 4 N–H and O–H groups in total. The van der Waals surface area contributed by atoms with Crippen LogP contribution >= 0.6 is 0 Å². The first-order valence-electron chi connectivity index (χ1n) is 7.72. The molecule has 1 aromatic carbocycles. The number of phenols is 1. The van der Waals surface area contributed by atoms with Gasteiger partial charge in [0.25, 0.3) is 0 Å². The van der Waals surface area contributed by atoms with Gasteiger partial charge < -0.3 is 20.7 Å². The highest BCUT2D eigenvalue weighted by Crippen LogP contribution is 2.65. The molecule has 3 aliphatic carbocycles. The molecule has 1 spiro atoms. The van der Waals surface area contributed by atoms with Gasteiger partial charge in [0, 0.05) is 17.5 Å². The van der Waals surface area contributed by atoms with E-state index in [1.54, 1.807) is 12.1 Å². The van der Waals surface area contributed by atoms with Crippen LogP contribution < -0.4 is 10.5 Å². The molecule has 0 saturated heterocycles. The van der Waals surface area contributed by atoms with E-state index in [4.69, 9.17) is 10.5 Å². The fourth-order valence-electron chi connectivity index (χ4n) is 5.27. The predicted octanol–water partition coefficient (Wildman–Crippen LogP) is 0.554. The fraction of sp³-hybridized carbons (Fsp3) is 0.471. The molecule has 3 unspecified atom stereocenters. The van der Waals surface area contributed by atoms with Crippen LogP contribution in [0.2, 0.25) is 0 Å². The van der Waals surface area contributed by atoms with E-state index in [-0.39, 0.29) is 23.5 Å². The van der Waals surface area contributed by atoms with Gasteiger partial charge in [0.2, 0.25) is 0 Å². The molecule has 5 heteroatoms. The monoisotopic (exact) mass is 299 g/mol. The second-order valence-electron chi connectivity index (χ2n) is 6.99. The van der Waals surface area contributed by atoms with Crippen molar-refractivity contribution in [2.45, 2.75) is 42.4 Å². The SMILES string of the molecule is NC1CC[C@]23c4c5ccc(O)c4OC2C(=O)C=C[C@@]3(O)C1C5. The lowest BCUT2D eigenvalue weighted by Crippen LogP contribution is -2.71. The van der Waals surface area contributed by atoms with Crippen LogP contribution in [0.4, 0.5) is 0 Å². The Hall–Kier alpha value is -1.85. The Balaban J connectivity index is 1.91. The third kappa shape index (κ3) is 1.08. The first-order valence-corrected chi connectivity index (χ1v) is 7.72. The summed E-state index contributed by atoms with van der Waals surface area (Å²) < 4.78 is 5.87. The van der Waals surface area contributed by atoms with Gasteiger partial charge >= 0.3 is 0 Å². The van der Waals surface area contributed by atoms with Crippen LogP contribution in [-0.4, -0.2) is 33.7 Å². The van der Waals surface area contributed by atoms with Crippen molar-refractivity contribution in [3.63, 3.8) is 0 Å². The number of phenolic OH excluding ortho intramolecular Hbond substituents is 1. The Morgan fingerprint density at radius 1 is 1.36 bits per heavy atom. The highest BCUT2D eigenvalue weighted by molar-refractivity contribution is 5.98. The number of hydrogen-bond acceptors (Lipinski definition) is 5. The summed E-state index contributed by atoms with van der Waals surface area (Å²) in [5.74, 6) is 0.111. The summed E-state index contributed by atoms with van der Waals surface area (Å²) in [5.41, 5.74) is 6.15. The highest BCUT2D eigenvalue weighted by Gasteiger charge is 2.71. The van der Waals surface area contributed by atoms with E-state index >= 15 is 0 Å². The Labute approximate surface area is 127 Å². The highest BCUT2D eigenvalue weighted by atomic mass is 16.5. The lowest BCUT2D eigenvalue weighted by atomic mass is 9.46. The van der Waals surface area contributed by atoms with E-state index < -0.39 is 17.1 Å². The summed E-state index contributed by atoms with van der Waals surface area (Å²) >= 11 is 0. The van der Waals surface area contributed by atoms with Crippen molar-refractivity contribution in [3.05, 3.63) is 35.4 Å². The molecule has 1 fully saturated rings. The number of benzene rings is 1. The zero-order valence-electron chi connectivity index (χ0n) is 12.0. The molecule has 1 aliphatic heterocycles. The zero-order chi connectivity index (χ0) is 15.3. The molecule has 4 aliphatic rings. The summed E-state index contributed by atoms with van der Waals surface area (Å²) in [6, 6.07) is 3.36. The number of carbonyl (C=O) groups is 1. The van der Waals surface area contributed by atoms with E-state index in [0.717, 1.165) is 17.5 Å². The van der Waals surface area contributed by atoms with Crippen molar-refractivity contribution in [3.8, 4) is 11.5 Å². The van der Waals surface area contributed by atoms with Crippen LogP contribution in [0, 0.1) is 5.92 Å². The third-order valence-electron chi connectivity index (χ3n) is 6.22. The second kappa shape index (κ2) is 3.55. The summed E-state index contributed by atoms with van der Waals surface area (Å²) in [5, 5.41) is 21.7. The van der Waals surface area contributed by atoms with E-state index in [9.17, 15) is 15.0 Å². The van der Waals surface area contributed by atoms with Crippen molar-refractivity contribution >= 4 is 5.78 Å². The average molecular weight is 299 g/mol. The van der Waals surface area contributed by atoms with Gasteiger partial charge in [0.1, 0.15) is 5.60 Å². The molecule has 1 heterocycles. The maximum absolute atomic E-state index is 12.4. The molecule has 5 rings (SSSR count). The van der Waals surface area contributed by atoms with Crippen LogP contribution in [0.15, 0.2) is 24.3 Å². The lowest BCUT2D eigenvalue weighted by Gasteiger charge is -2.59. The predicted molar refractivity (Wildman–Crippen MR) is 77.7 cm³/mol. The normalized spacial score (nSPS) is 43.7. The van der Waals surface area contributed by atoms with Gasteiger partial charge in [-0.05, 0) is 43.0 Å². The molecule has 0 amide bonds. The standard InChI is InChI=1S/C17H17NO4/c18-10-3-5-16-13-8-1-2-11(19)14(13)22-15(16)12(20)4-6-17(16,21)9(10)7-8/h1-2,4,6,9-10,15,19,21H,3,5,7,18H2/t9?,10?,15?,16-,17+/m0/s1. The minimum Gasteiger partial charge on any atom is -0.504 e. The number of ether oxygens (including phenoxy) is 1. The number of aromatic hydroxyl groups is 1. The molecular formula is C17H17NO4. The first kappa shape index (κ1) is 12.7. The molecule has 0 radical (unpaired) electrons. The lowest BCUT2D eigenvalue weighted by molar-refractivity contribution is -0.147. The molecule has 2 bridgehead atoms. The number of hydrogen-bond donors (Lipinski definition) is 3.